The van der Waals surface area contributed by atoms with Crippen LogP contribution >= 0.6 is 0 Å². The van der Waals surface area contributed by atoms with Gasteiger partial charge in [-0.2, -0.15) is 13.9 Å². The first-order valence-corrected chi connectivity index (χ1v) is 12.0. The normalized spacial score (nSPS) is 15.5. The highest BCUT2D eigenvalue weighted by Gasteiger charge is 2.53. The lowest BCUT2D eigenvalue weighted by molar-refractivity contribution is 0.0334. The fourth-order valence-electron chi connectivity index (χ4n) is 4.57. The summed E-state index contributed by atoms with van der Waals surface area (Å²) in [5.74, 6) is -4.99. The van der Waals surface area contributed by atoms with Crippen molar-refractivity contribution in [2.75, 3.05) is 5.32 Å². The Morgan fingerprint density at radius 1 is 1.10 bits per heavy atom. The van der Waals surface area contributed by atoms with E-state index in [9.17, 15) is 18.4 Å². The first-order chi connectivity index (χ1) is 18.4. The number of aryl methyl sites for hydroxylation is 2. The van der Waals surface area contributed by atoms with Crippen LogP contribution in [-0.2, 0) is 18.5 Å². The Morgan fingerprint density at radius 3 is 2.44 bits per heavy atom. The van der Waals surface area contributed by atoms with Gasteiger partial charge in [-0.1, -0.05) is 12.1 Å². The average molecular weight is 547 g/mol. The number of anilines is 1. The van der Waals surface area contributed by atoms with E-state index in [0.29, 0.717) is 5.69 Å². The minimum Gasteiger partial charge on any atom is -0.361 e. The molecule has 3 aromatic heterocycles. The zero-order valence-corrected chi connectivity index (χ0v) is 21.1. The molecule has 0 radical (unpaired) electrons. The minimum atomic E-state index is -3.79. The third kappa shape index (κ3) is 4.35. The molecular formula is C26H23F5N6O2. The molecule has 0 spiro atoms. The molecule has 0 aliphatic heterocycles. The van der Waals surface area contributed by atoms with E-state index in [0.717, 1.165) is 40.0 Å². The van der Waals surface area contributed by atoms with Gasteiger partial charge in [-0.3, -0.25) is 19.6 Å². The fourth-order valence-corrected chi connectivity index (χ4v) is 4.57. The van der Waals surface area contributed by atoms with E-state index in [1.807, 2.05) is 0 Å². The van der Waals surface area contributed by atoms with Crippen molar-refractivity contribution in [2.45, 2.75) is 50.6 Å². The van der Waals surface area contributed by atoms with Crippen molar-refractivity contribution in [3.63, 3.8) is 0 Å². The van der Waals surface area contributed by atoms with Crippen molar-refractivity contribution >= 4 is 16.6 Å². The molecule has 1 aromatic carbocycles. The van der Waals surface area contributed by atoms with Crippen LogP contribution in [0.25, 0.3) is 10.8 Å². The van der Waals surface area contributed by atoms with Crippen molar-refractivity contribution in [1.29, 1.82) is 0 Å². The van der Waals surface area contributed by atoms with E-state index >= 15 is 13.2 Å². The highest BCUT2D eigenvalue weighted by atomic mass is 19.3. The SMILES string of the molecule is Cc1cnc(C(F)(F)c2cccc([C@@H](C)Nc3nn(C)c(=O)c4cc(=O)n(C5(C(F)F)CC5)cc34)c2F)cn1. The topological polar surface area (TPSA) is 94.7 Å². The molecule has 13 heteroatoms. The van der Waals surface area contributed by atoms with Crippen molar-refractivity contribution in [1.82, 2.24) is 24.3 Å². The molecule has 0 saturated heterocycles. The van der Waals surface area contributed by atoms with Crippen LogP contribution in [0.4, 0.5) is 27.8 Å². The Hall–Kier alpha value is -4.16. The molecule has 1 aliphatic carbocycles. The summed E-state index contributed by atoms with van der Waals surface area (Å²) in [5, 5.41) is 7.03. The van der Waals surface area contributed by atoms with E-state index in [4.69, 9.17) is 0 Å². The predicted octanol–water partition coefficient (Wildman–Crippen LogP) is 4.40. The van der Waals surface area contributed by atoms with Gasteiger partial charge in [0.2, 0.25) is 0 Å². The lowest BCUT2D eigenvalue weighted by atomic mass is 9.98. The molecule has 4 aromatic rings. The molecule has 1 saturated carbocycles. The summed E-state index contributed by atoms with van der Waals surface area (Å²) in [4.78, 5) is 32.9. The third-order valence-corrected chi connectivity index (χ3v) is 7.02. The summed E-state index contributed by atoms with van der Waals surface area (Å²) in [7, 11) is 1.33. The molecule has 8 nitrogen and oxygen atoms in total. The van der Waals surface area contributed by atoms with E-state index in [1.165, 1.54) is 26.1 Å². The van der Waals surface area contributed by atoms with E-state index in [1.54, 1.807) is 6.92 Å². The summed E-state index contributed by atoms with van der Waals surface area (Å²) in [6, 6.07) is 3.53. The smallest absolute Gasteiger partial charge is 0.319 e. The van der Waals surface area contributed by atoms with Gasteiger partial charge < -0.3 is 9.88 Å². The van der Waals surface area contributed by atoms with Crippen molar-refractivity contribution in [3.05, 3.63) is 91.9 Å². The molecule has 0 unspecified atom stereocenters. The lowest BCUT2D eigenvalue weighted by Gasteiger charge is -2.22. The number of hydrogen-bond donors (Lipinski definition) is 1. The zero-order valence-electron chi connectivity index (χ0n) is 21.1. The van der Waals surface area contributed by atoms with E-state index < -0.39 is 52.1 Å². The van der Waals surface area contributed by atoms with Gasteiger partial charge in [-0.25, -0.2) is 17.9 Å². The second-order valence-electron chi connectivity index (χ2n) is 9.68. The molecule has 0 bridgehead atoms. The van der Waals surface area contributed by atoms with Gasteiger partial charge in [-0.15, -0.1) is 0 Å². The number of pyridine rings is 1. The van der Waals surface area contributed by atoms with Gasteiger partial charge >= 0.3 is 5.92 Å². The third-order valence-electron chi connectivity index (χ3n) is 7.02. The number of benzene rings is 1. The second-order valence-corrected chi connectivity index (χ2v) is 9.68. The molecule has 5 rings (SSSR count). The zero-order chi connectivity index (χ0) is 28.3. The standard InChI is InChI=1S/C26H23F5N6O2/c1-13-10-33-19(11-32-13)26(30,31)18-6-4-5-15(21(18)27)14(2)34-22-17-12-37(25(7-8-25)24(28)29)20(38)9-16(17)23(39)36(3)35-22/h4-6,9-12,14,24H,7-8H2,1-3H3,(H,34,35)/t14-/m1/s1. The molecule has 3 heterocycles. The van der Waals surface area contributed by atoms with Crippen LogP contribution in [0.1, 0.15) is 48.3 Å². The van der Waals surface area contributed by atoms with E-state index in [2.05, 4.69) is 20.4 Å². The monoisotopic (exact) mass is 546 g/mol. The quantitative estimate of drug-likeness (QED) is 0.346. The number of alkyl halides is 4. The molecule has 39 heavy (non-hydrogen) atoms. The summed E-state index contributed by atoms with van der Waals surface area (Å²) in [6.07, 6.45) is 0.562. The summed E-state index contributed by atoms with van der Waals surface area (Å²) in [5.41, 5.74) is -4.42. The number of hydrogen-bond acceptors (Lipinski definition) is 6. The molecule has 0 amide bonds. The molecule has 1 atom stereocenters. The highest BCUT2D eigenvalue weighted by Crippen LogP contribution is 2.48. The Labute approximate surface area is 218 Å². The lowest BCUT2D eigenvalue weighted by Crippen LogP contribution is -2.36. The van der Waals surface area contributed by atoms with Gasteiger partial charge in [0.1, 0.15) is 17.1 Å². The van der Waals surface area contributed by atoms with Gasteiger partial charge in [0.15, 0.2) is 5.82 Å². The van der Waals surface area contributed by atoms with Crippen LogP contribution in [-0.4, -0.2) is 30.7 Å². The van der Waals surface area contributed by atoms with Crippen molar-refractivity contribution < 1.29 is 22.0 Å². The van der Waals surface area contributed by atoms with Gasteiger partial charge in [-0.05, 0) is 32.8 Å². The molecule has 1 fully saturated rings. The number of aromatic nitrogens is 5. The average Bonchev–Trinajstić information content (AvgIpc) is 3.69. The van der Waals surface area contributed by atoms with Crippen LogP contribution in [0.2, 0.25) is 0 Å². The van der Waals surface area contributed by atoms with Crippen molar-refractivity contribution in [3.8, 4) is 0 Å². The Bertz CT molecular complexity index is 1700. The second kappa shape index (κ2) is 9.24. The minimum absolute atomic E-state index is 0.0145. The maximum absolute atomic E-state index is 15.5. The van der Waals surface area contributed by atoms with Gasteiger partial charge in [0.25, 0.3) is 17.5 Å². The number of fused-ring (bicyclic) bond motifs is 1. The molecule has 204 valence electrons. The summed E-state index contributed by atoms with van der Waals surface area (Å²) >= 11 is 0. The first-order valence-electron chi connectivity index (χ1n) is 12.0. The van der Waals surface area contributed by atoms with Gasteiger partial charge in [0, 0.05) is 36.5 Å². The number of nitrogens with zero attached hydrogens (tertiary/aromatic N) is 5. The van der Waals surface area contributed by atoms with Crippen LogP contribution in [0.3, 0.4) is 0 Å². The first kappa shape index (κ1) is 26.4. The Balaban J connectivity index is 1.57. The molecule has 1 N–H and O–H groups in total. The number of nitrogens with one attached hydrogen (secondary N) is 1. The van der Waals surface area contributed by atoms with E-state index in [-0.39, 0.29) is 35.0 Å². The van der Waals surface area contributed by atoms with Crippen LogP contribution in [0, 0.1) is 12.7 Å². The maximum atomic E-state index is 15.5. The number of halogens is 5. The van der Waals surface area contributed by atoms with Crippen LogP contribution in [0.5, 0.6) is 0 Å². The van der Waals surface area contributed by atoms with Gasteiger partial charge in [0.05, 0.1) is 28.9 Å². The van der Waals surface area contributed by atoms with Crippen LogP contribution in [0.15, 0.2) is 52.4 Å². The fraction of sp³-hybridized carbons (Fsp3) is 0.346. The number of rotatable bonds is 7. The summed E-state index contributed by atoms with van der Waals surface area (Å²) < 4.78 is 75.4. The molecular weight excluding hydrogens is 523 g/mol. The summed E-state index contributed by atoms with van der Waals surface area (Å²) in [6.45, 7) is 3.07. The molecule has 1 aliphatic rings. The highest BCUT2D eigenvalue weighted by molar-refractivity contribution is 5.90. The maximum Gasteiger partial charge on any atom is 0.319 e. The predicted molar refractivity (Wildman–Crippen MR) is 133 cm³/mol. The Kier molecular flexibility index (Phi) is 6.27. The Morgan fingerprint density at radius 2 is 1.82 bits per heavy atom. The van der Waals surface area contributed by atoms with Crippen molar-refractivity contribution in [2.24, 2.45) is 7.05 Å². The largest absolute Gasteiger partial charge is 0.361 e. The van der Waals surface area contributed by atoms with Crippen LogP contribution < -0.4 is 16.4 Å².